The maximum absolute atomic E-state index is 12.1. The van der Waals surface area contributed by atoms with Gasteiger partial charge in [-0.25, -0.2) is 4.79 Å². The van der Waals surface area contributed by atoms with Crippen LogP contribution in [-0.2, 0) is 0 Å². The van der Waals surface area contributed by atoms with Gasteiger partial charge in [0.05, 0.1) is 17.3 Å². The molecule has 2 rings (SSSR count). The standard InChI is InChI=1S/C14H13N3O3/c1-9(11-6-2-3-7-15-11)17-13(18)12-10(14(19)20)5-4-8-16-12/h2-9H,1H3,(H,17,18)(H,19,20)/t9-/m0/s1. The molecule has 0 bridgehead atoms. The number of carboxylic acids is 1. The first kappa shape index (κ1) is 13.7. The van der Waals surface area contributed by atoms with Gasteiger partial charge in [0.2, 0.25) is 0 Å². The molecular formula is C14H13N3O3. The summed E-state index contributed by atoms with van der Waals surface area (Å²) in [6.07, 6.45) is 3.01. The fourth-order valence-corrected chi connectivity index (χ4v) is 1.73. The zero-order chi connectivity index (χ0) is 14.5. The molecule has 2 aromatic rings. The molecule has 6 heteroatoms. The molecule has 2 aromatic heterocycles. The summed E-state index contributed by atoms with van der Waals surface area (Å²) < 4.78 is 0. The predicted molar refractivity (Wildman–Crippen MR) is 71.3 cm³/mol. The van der Waals surface area contributed by atoms with Crippen LogP contribution in [0.2, 0.25) is 0 Å². The first-order chi connectivity index (χ1) is 9.59. The summed E-state index contributed by atoms with van der Waals surface area (Å²) >= 11 is 0. The normalized spacial score (nSPS) is 11.7. The molecule has 1 atom stereocenters. The Hall–Kier alpha value is -2.76. The fraction of sp³-hybridized carbons (Fsp3) is 0.143. The highest BCUT2D eigenvalue weighted by atomic mass is 16.4. The van der Waals surface area contributed by atoms with Gasteiger partial charge in [-0.15, -0.1) is 0 Å². The van der Waals surface area contributed by atoms with E-state index in [2.05, 4.69) is 15.3 Å². The van der Waals surface area contributed by atoms with Crippen LogP contribution in [0.5, 0.6) is 0 Å². The Morgan fingerprint density at radius 2 is 1.90 bits per heavy atom. The number of hydrogen-bond donors (Lipinski definition) is 2. The lowest BCUT2D eigenvalue weighted by Gasteiger charge is -2.13. The van der Waals surface area contributed by atoms with E-state index in [9.17, 15) is 9.59 Å². The number of carbonyl (C=O) groups is 2. The number of nitrogens with zero attached hydrogens (tertiary/aromatic N) is 2. The van der Waals surface area contributed by atoms with Gasteiger partial charge in [-0.05, 0) is 31.2 Å². The van der Waals surface area contributed by atoms with E-state index in [1.54, 1.807) is 25.3 Å². The second-order valence-corrected chi connectivity index (χ2v) is 4.15. The summed E-state index contributed by atoms with van der Waals surface area (Å²) in [6, 6.07) is 7.85. The van der Waals surface area contributed by atoms with Gasteiger partial charge in [0.25, 0.3) is 5.91 Å². The van der Waals surface area contributed by atoms with Gasteiger partial charge in [-0.3, -0.25) is 14.8 Å². The van der Waals surface area contributed by atoms with Crippen LogP contribution in [0, 0.1) is 0 Å². The maximum Gasteiger partial charge on any atom is 0.338 e. The SMILES string of the molecule is C[C@H](NC(=O)c1ncccc1C(=O)O)c1ccccn1. The quantitative estimate of drug-likeness (QED) is 0.882. The lowest BCUT2D eigenvalue weighted by atomic mass is 10.1. The Kier molecular flexibility index (Phi) is 4.05. The van der Waals surface area contributed by atoms with E-state index in [1.165, 1.54) is 18.3 Å². The Labute approximate surface area is 115 Å². The molecule has 0 aliphatic heterocycles. The van der Waals surface area contributed by atoms with Crippen LogP contribution in [-0.4, -0.2) is 27.0 Å². The van der Waals surface area contributed by atoms with Crippen molar-refractivity contribution in [1.82, 2.24) is 15.3 Å². The molecule has 0 radical (unpaired) electrons. The number of carbonyl (C=O) groups excluding carboxylic acids is 1. The van der Waals surface area contributed by atoms with E-state index < -0.39 is 11.9 Å². The molecule has 0 spiro atoms. The summed E-state index contributed by atoms with van der Waals surface area (Å²) in [7, 11) is 0. The van der Waals surface area contributed by atoms with Crippen molar-refractivity contribution < 1.29 is 14.7 Å². The molecule has 0 aromatic carbocycles. The number of carboxylic acid groups (broad SMARTS) is 1. The Balaban J connectivity index is 2.19. The highest BCUT2D eigenvalue weighted by Crippen LogP contribution is 2.11. The summed E-state index contributed by atoms with van der Waals surface area (Å²) in [6.45, 7) is 1.77. The van der Waals surface area contributed by atoms with E-state index in [4.69, 9.17) is 5.11 Å². The molecule has 0 aliphatic carbocycles. The Morgan fingerprint density at radius 3 is 2.55 bits per heavy atom. The smallest absolute Gasteiger partial charge is 0.338 e. The van der Waals surface area contributed by atoms with E-state index in [0.717, 1.165) is 0 Å². The van der Waals surface area contributed by atoms with Crippen molar-refractivity contribution in [2.45, 2.75) is 13.0 Å². The monoisotopic (exact) mass is 271 g/mol. The number of aromatic carboxylic acids is 1. The first-order valence-corrected chi connectivity index (χ1v) is 5.99. The van der Waals surface area contributed by atoms with Crippen molar-refractivity contribution in [1.29, 1.82) is 0 Å². The third-order valence-corrected chi connectivity index (χ3v) is 2.73. The zero-order valence-electron chi connectivity index (χ0n) is 10.8. The second kappa shape index (κ2) is 5.92. The largest absolute Gasteiger partial charge is 0.478 e. The zero-order valence-corrected chi connectivity index (χ0v) is 10.8. The lowest BCUT2D eigenvalue weighted by molar-refractivity contribution is 0.0689. The van der Waals surface area contributed by atoms with Crippen molar-refractivity contribution >= 4 is 11.9 Å². The molecule has 102 valence electrons. The van der Waals surface area contributed by atoms with E-state index in [0.29, 0.717) is 5.69 Å². The highest BCUT2D eigenvalue weighted by molar-refractivity contribution is 6.03. The minimum absolute atomic E-state index is 0.109. The van der Waals surface area contributed by atoms with Gasteiger partial charge in [0.15, 0.2) is 0 Å². The summed E-state index contributed by atoms with van der Waals surface area (Å²) in [5.41, 5.74) is 0.453. The first-order valence-electron chi connectivity index (χ1n) is 5.99. The summed E-state index contributed by atoms with van der Waals surface area (Å²) in [4.78, 5) is 31.1. The van der Waals surface area contributed by atoms with Crippen LogP contribution in [0.4, 0.5) is 0 Å². The van der Waals surface area contributed by atoms with E-state index in [-0.39, 0.29) is 17.3 Å². The summed E-state index contributed by atoms with van der Waals surface area (Å²) in [5.74, 6) is -1.73. The van der Waals surface area contributed by atoms with Crippen molar-refractivity contribution in [3.63, 3.8) is 0 Å². The van der Waals surface area contributed by atoms with Gasteiger partial charge in [-0.2, -0.15) is 0 Å². The minimum atomic E-state index is -1.19. The molecule has 2 heterocycles. The van der Waals surface area contributed by atoms with E-state index >= 15 is 0 Å². The molecule has 0 aliphatic rings. The van der Waals surface area contributed by atoms with Crippen LogP contribution < -0.4 is 5.32 Å². The van der Waals surface area contributed by atoms with Gasteiger partial charge in [0.1, 0.15) is 5.69 Å². The third kappa shape index (κ3) is 2.97. The van der Waals surface area contributed by atoms with Gasteiger partial charge in [0, 0.05) is 12.4 Å². The number of pyridine rings is 2. The maximum atomic E-state index is 12.1. The van der Waals surface area contributed by atoms with Crippen LogP contribution in [0.3, 0.4) is 0 Å². The van der Waals surface area contributed by atoms with Crippen LogP contribution >= 0.6 is 0 Å². The molecule has 0 saturated carbocycles. The number of amides is 1. The Bertz CT molecular complexity index is 629. The van der Waals surface area contributed by atoms with Crippen LogP contribution in [0.25, 0.3) is 0 Å². The molecule has 0 fully saturated rings. The molecule has 6 nitrogen and oxygen atoms in total. The van der Waals surface area contributed by atoms with Crippen LogP contribution in [0.1, 0.15) is 39.5 Å². The number of rotatable bonds is 4. The molecule has 0 saturated heterocycles. The average Bonchev–Trinajstić information content (AvgIpc) is 2.48. The van der Waals surface area contributed by atoms with E-state index in [1.807, 2.05) is 6.07 Å². The third-order valence-electron chi connectivity index (χ3n) is 2.73. The molecule has 1 amide bonds. The number of hydrogen-bond acceptors (Lipinski definition) is 4. The highest BCUT2D eigenvalue weighted by Gasteiger charge is 2.19. The molecule has 2 N–H and O–H groups in total. The topological polar surface area (TPSA) is 92.2 Å². The minimum Gasteiger partial charge on any atom is -0.478 e. The molecular weight excluding hydrogens is 258 g/mol. The predicted octanol–water partition coefficient (Wildman–Crippen LogP) is 1.67. The number of aromatic nitrogens is 2. The lowest BCUT2D eigenvalue weighted by Crippen LogP contribution is -2.29. The van der Waals surface area contributed by atoms with Crippen molar-refractivity contribution in [3.8, 4) is 0 Å². The van der Waals surface area contributed by atoms with Gasteiger partial charge < -0.3 is 10.4 Å². The summed E-state index contributed by atoms with van der Waals surface area (Å²) in [5, 5.41) is 11.7. The van der Waals surface area contributed by atoms with Crippen molar-refractivity contribution in [2.24, 2.45) is 0 Å². The van der Waals surface area contributed by atoms with Crippen molar-refractivity contribution in [2.75, 3.05) is 0 Å². The molecule has 20 heavy (non-hydrogen) atoms. The fourth-order valence-electron chi connectivity index (χ4n) is 1.73. The van der Waals surface area contributed by atoms with Gasteiger partial charge >= 0.3 is 5.97 Å². The molecule has 0 unspecified atom stereocenters. The Morgan fingerprint density at radius 1 is 1.15 bits per heavy atom. The van der Waals surface area contributed by atoms with Gasteiger partial charge in [-0.1, -0.05) is 6.07 Å². The van der Waals surface area contributed by atoms with Crippen LogP contribution in [0.15, 0.2) is 42.7 Å². The average molecular weight is 271 g/mol. The second-order valence-electron chi connectivity index (χ2n) is 4.15. The van der Waals surface area contributed by atoms with Crippen molar-refractivity contribution in [3.05, 3.63) is 59.7 Å². The number of nitrogens with one attached hydrogen (secondary N) is 1.